The van der Waals surface area contributed by atoms with Gasteiger partial charge in [-0.3, -0.25) is 4.79 Å². The Bertz CT molecular complexity index is 804. The molecule has 2 rings (SSSR count). The Kier molecular flexibility index (Phi) is 8.44. The van der Waals surface area contributed by atoms with Gasteiger partial charge in [0.2, 0.25) is 0 Å². The van der Waals surface area contributed by atoms with Gasteiger partial charge in [0.05, 0.1) is 5.56 Å². The molecule has 1 N–H and O–H groups in total. The largest absolute Gasteiger partial charge is 0.452 e. The smallest absolute Gasteiger partial charge is 0.338 e. The van der Waals surface area contributed by atoms with Gasteiger partial charge < -0.3 is 10.1 Å². The van der Waals surface area contributed by atoms with Crippen LogP contribution in [0.3, 0.4) is 0 Å². The number of thioether (sulfide) groups is 1. The lowest BCUT2D eigenvalue weighted by atomic mass is 10.1. The number of esters is 1. The molecule has 0 radical (unpaired) electrons. The second kappa shape index (κ2) is 10.8. The minimum Gasteiger partial charge on any atom is -0.452 e. The second-order valence-corrected chi connectivity index (χ2v) is 7.93. The minimum atomic E-state index is -0.503. The fraction of sp³-hybridized carbons (Fsp3) is 0.429. The molecule has 150 valence electrons. The lowest BCUT2D eigenvalue weighted by molar-refractivity contribution is -0.124. The number of carbonyl (C=O) groups is 2. The third-order valence-electron chi connectivity index (χ3n) is 3.93. The Morgan fingerprint density at radius 1 is 1.14 bits per heavy atom. The summed E-state index contributed by atoms with van der Waals surface area (Å²) in [6.45, 7) is 8.33. The van der Waals surface area contributed by atoms with Crippen LogP contribution in [0.2, 0.25) is 0 Å². The first kappa shape index (κ1) is 21.9. The van der Waals surface area contributed by atoms with Crippen LogP contribution in [-0.4, -0.2) is 35.0 Å². The number of hydrogen-bond donors (Lipinski definition) is 1. The molecule has 1 aromatic heterocycles. The van der Waals surface area contributed by atoms with Gasteiger partial charge in [0, 0.05) is 23.7 Å². The van der Waals surface area contributed by atoms with E-state index >= 15 is 0 Å². The molecule has 0 saturated heterocycles. The highest BCUT2D eigenvalue weighted by Crippen LogP contribution is 2.22. The summed E-state index contributed by atoms with van der Waals surface area (Å²) in [6.07, 6.45) is 0.889. The maximum absolute atomic E-state index is 12.4. The van der Waals surface area contributed by atoms with E-state index in [1.807, 2.05) is 32.0 Å². The first-order chi connectivity index (χ1) is 13.3. The normalized spacial score (nSPS) is 10.8. The summed E-state index contributed by atoms with van der Waals surface area (Å²) in [4.78, 5) is 33.1. The average molecular weight is 402 g/mol. The van der Waals surface area contributed by atoms with Crippen molar-refractivity contribution in [2.45, 2.75) is 45.0 Å². The van der Waals surface area contributed by atoms with Gasteiger partial charge in [-0.25, -0.2) is 14.8 Å². The van der Waals surface area contributed by atoms with E-state index in [2.05, 4.69) is 29.1 Å². The number of rotatable bonds is 9. The number of hydrogen-bond acceptors (Lipinski definition) is 6. The molecule has 7 heteroatoms. The lowest BCUT2D eigenvalue weighted by Gasteiger charge is -2.10. The van der Waals surface area contributed by atoms with Crippen LogP contribution in [0.25, 0.3) is 0 Å². The SMILES string of the molecule is Cc1cc(C)nc(SCc2ccccc2C(=O)OCC(=O)NCCC(C)C)n1. The molecule has 0 saturated carbocycles. The molecular weight excluding hydrogens is 374 g/mol. The molecule has 0 unspecified atom stereocenters. The second-order valence-electron chi connectivity index (χ2n) is 6.99. The number of nitrogens with zero attached hydrogens (tertiary/aromatic N) is 2. The molecule has 2 aromatic rings. The number of nitrogens with one attached hydrogen (secondary N) is 1. The summed E-state index contributed by atoms with van der Waals surface area (Å²) in [5, 5.41) is 3.43. The maximum atomic E-state index is 12.4. The topological polar surface area (TPSA) is 81.2 Å². The third-order valence-corrected chi connectivity index (χ3v) is 4.83. The molecule has 0 bridgehead atoms. The van der Waals surface area contributed by atoms with Crippen molar-refractivity contribution < 1.29 is 14.3 Å². The monoisotopic (exact) mass is 401 g/mol. The zero-order valence-electron chi connectivity index (χ0n) is 16.8. The molecule has 0 aliphatic heterocycles. The highest BCUT2D eigenvalue weighted by atomic mass is 32.2. The van der Waals surface area contributed by atoms with Crippen LogP contribution in [0.15, 0.2) is 35.5 Å². The van der Waals surface area contributed by atoms with Gasteiger partial charge in [0.15, 0.2) is 11.8 Å². The van der Waals surface area contributed by atoms with E-state index in [0.29, 0.717) is 28.9 Å². The molecule has 0 aliphatic rings. The molecule has 0 aliphatic carbocycles. The number of aryl methyl sites for hydroxylation is 2. The van der Waals surface area contributed by atoms with Crippen LogP contribution in [0, 0.1) is 19.8 Å². The Hall–Kier alpha value is -2.41. The van der Waals surface area contributed by atoms with Gasteiger partial charge in [-0.1, -0.05) is 43.8 Å². The molecule has 0 spiro atoms. The van der Waals surface area contributed by atoms with Crippen LogP contribution in [0.1, 0.15) is 47.6 Å². The van der Waals surface area contributed by atoms with Crippen LogP contribution < -0.4 is 5.32 Å². The van der Waals surface area contributed by atoms with Crippen molar-refractivity contribution in [3.05, 3.63) is 52.8 Å². The Balaban J connectivity index is 1.93. The van der Waals surface area contributed by atoms with Gasteiger partial charge in [-0.15, -0.1) is 0 Å². The van der Waals surface area contributed by atoms with Crippen molar-refractivity contribution in [3.63, 3.8) is 0 Å². The van der Waals surface area contributed by atoms with Crippen molar-refractivity contribution in [1.82, 2.24) is 15.3 Å². The molecular formula is C21H27N3O3S. The average Bonchev–Trinajstić information content (AvgIpc) is 2.63. The van der Waals surface area contributed by atoms with Gasteiger partial charge in [-0.2, -0.15) is 0 Å². The minimum absolute atomic E-state index is 0.279. The van der Waals surface area contributed by atoms with Crippen LogP contribution in [0.5, 0.6) is 0 Å². The van der Waals surface area contributed by atoms with Crippen LogP contribution >= 0.6 is 11.8 Å². The third kappa shape index (κ3) is 7.31. The van der Waals surface area contributed by atoms with Gasteiger partial charge in [0.25, 0.3) is 5.91 Å². The predicted octanol–water partition coefficient (Wildman–Crippen LogP) is 3.70. The maximum Gasteiger partial charge on any atom is 0.338 e. The summed E-state index contributed by atoms with van der Waals surface area (Å²) in [6, 6.07) is 9.14. The summed E-state index contributed by atoms with van der Waals surface area (Å²) >= 11 is 1.46. The number of carbonyl (C=O) groups excluding carboxylic acids is 2. The van der Waals surface area contributed by atoms with Crippen LogP contribution in [-0.2, 0) is 15.3 Å². The highest BCUT2D eigenvalue weighted by molar-refractivity contribution is 7.98. The van der Waals surface area contributed by atoms with Crippen LogP contribution in [0.4, 0.5) is 0 Å². The van der Waals surface area contributed by atoms with Gasteiger partial charge >= 0.3 is 5.97 Å². The quantitative estimate of drug-likeness (QED) is 0.392. The zero-order chi connectivity index (χ0) is 20.5. The number of aromatic nitrogens is 2. The Morgan fingerprint density at radius 3 is 2.50 bits per heavy atom. The Morgan fingerprint density at radius 2 is 1.82 bits per heavy atom. The summed E-state index contributed by atoms with van der Waals surface area (Å²) in [5.74, 6) is 0.254. The van der Waals surface area contributed by atoms with Gasteiger partial charge in [-0.05, 0) is 43.9 Å². The first-order valence-corrected chi connectivity index (χ1v) is 10.3. The number of benzene rings is 1. The molecule has 0 fully saturated rings. The zero-order valence-corrected chi connectivity index (χ0v) is 17.6. The number of ether oxygens (including phenoxy) is 1. The molecule has 0 atom stereocenters. The standard InChI is InChI=1S/C21H27N3O3S/c1-14(2)9-10-22-19(25)12-27-20(26)18-8-6-5-7-17(18)13-28-21-23-15(3)11-16(4)24-21/h5-8,11,14H,9-10,12-13H2,1-4H3,(H,22,25). The molecule has 1 heterocycles. The molecule has 1 amide bonds. The van der Waals surface area contributed by atoms with Crippen molar-refractivity contribution in [2.24, 2.45) is 5.92 Å². The van der Waals surface area contributed by atoms with Crippen molar-refractivity contribution in [2.75, 3.05) is 13.2 Å². The molecule has 1 aromatic carbocycles. The first-order valence-electron chi connectivity index (χ1n) is 9.32. The van der Waals surface area contributed by atoms with E-state index in [-0.39, 0.29) is 12.5 Å². The van der Waals surface area contributed by atoms with E-state index in [1.54, 1.807) is 12.1 Å². The Labute approximate surface area is 170 Å². The highest BCUT2D eigenvalue weighted by Gasteiger charge is 2.15. The molecule has 28 heavy (non-hydrogen) atoms. The van der Waals surface area contributed by atoms with E-state index in [1.165, 1.54) is 11.8 Å². The van der Waals surface area contributed by atoms with Crippen molar-refractivity contribution >= 4 is 23.6 Å². The van der Waals surface area contributed by atoms with Gasteiger partial charge in [0.1, 0.15) is 0 Å². The van der Waals surface area contributed by atoms with E-state index in [9.17, 15) is 9.59 Å². The fourth-order valence-electron chi connectivity index (χ4n) is 2.51. The molecule has 6 nitrogen and oxygen atoms in total. The summed E-state index contributed by atoms with van der Waals surface area (Å²) < 4.78 is 5.19. The summed E-state index contributed by atoms with van der Waals surface area (Å²) in [5.41, 5.74) is 3.09. The summed E-state index contributed by atoms with van der Waals surface area (Å²) in [7, 11) is 0. The van der Waals surface area contributed by atoms with E-state index < -0.39 is 5.97 Å². The lowest BCUT2D eigenvalue weighted by Crippen LogP contribution is -2.30. The number of amides is 1. The van der Waals surface area contributed by atoms with Crippen molar-refractivity contribution in [3.8, 4) is 0 Å². The van der Waals surface area contributed by atoms with E-state index in [4.69, 9.17) is 4.74 Å². The predicted molar refractivity (Wildman–Crippen MR) is 110 cm³/mol. The van der Waals surface area contributed by atoms with E-state index in [0.717, 1.165) is 23.4 Å². The van der Waals surface area contributed by atoms with Crippen molar-refractivity contribution in [1.29, 1.82) is 0 Å². The fourth-order valence-corrected chi connectivity index (χ4v) is 3.46.